The van der Waals surface area contributed by atoms with E-state index in [4.69, 9.17) is 14.2 Å². The van der Waals surface area contributed by atoms with E-state index >= 15 is 0 Å². The Balaban J connectivity index is 1.70. The predicted molar refractivity (Wildman–Crippen MR) is 97.4 cm³/mol. The van der Waals surface area contributed by atoms with Gasteiger partial charge in [0.2, 0.25) is 0 Å². The van der Waals surface area contributed by atoms with Crippen molar-refractivity contribution in [2.24, 2.45) is 0 Å². The molecule has 3 rings (SSSR count). The van der Waals surface area contributed by atoms with Crippen LogP contribution in [0.25, 0.3) is 10.8 Å². The Morgan fingerprint density at radius 3 is 2.35 bits per heavy atom. The third-order valence-electron chi connectivity index (χ3n) is 4.39. The van der Waals surface area contributed by atoms with E-state index < -0.39 is 5.97 Å². The standard InChI is InChI=1S/C20H23NO5/c1-13-10-21(11-14(2)26-13)19(22)12-25-20(23)17-8-15-6-4-5-7-16(15)9-18(17)24-3/h4-9,13-14H,10-12H2,1-3H3/t13-,14-/m1/s1. The van der Waals surface area contributed by atoms with Gasteiger partial charge in [-0.3, -0.25) is 4.79 Å². The van der Waals surface area contributed by atoms with Crippen molar-refractivity contribution in [2.75, 3.05) is 26.8 Å². The van der Waals surface area contributed by atoms with Gasteiger partial charge in [0.05, 0.1) is 19.3 Å². The Labute approximate surface area is 152 Å². The zero-order chi connectivity index (χ0) is 18.7. The van der Waals surface area contributed by atoms with Gasteiger partial charge in [-0.15, -0.1) is 0 Å². The van der Waals surface area contributed by atoms with Gasteiger partial charge in [0, 0.05) is 13.1 Å². The number of amides is 1. The summed E-state index contributed by atoms with van der Waals surface area (Å²) in [6.45, 7) is 4.54. The molecule has 0 aromatic heterocycles. The van der Waals surface area contributed by atoms with E-state index in [1.165, 1.54) is 7.11 Å². The summed E-state index contributed by atoms with van der Waals surface area (Å²) in [7, 11) is 1.50. The summed E-state index contributed by atoms with van der Waals surface area (Å²) in [4.78, 5) is 26.5. The number of morpholine rings is 1. The molecule has 138 valence electrons. The van der Waals surface area contributed by atoms with E-state index in [1.54, 1.807) is 17.0 Å². The number of benzene rings is 2. The van der Waals surface area contributed by atoms with Crippen LogP contribution >= 0.6 is 0 Å². The molecule has 0 aliphatic carbocycles. The molecule has 1 fully saturated rings. The van der Waals surface area contributed by atoms with Crippen LogP contribution in [0.2, 0.25) is 0 Å². The third kappa shape index (κ3) is 3.96. The van der Waals surface area contributed by atoms with Crippen molar-refractivity contribution in [3.05, 3.63) is 42.0 Å². The van der Waals surface area contributed by atoms with Gasteiger partial charge < -0.3 is 19.1 Å². The van der Waals surface area contributed by atoms with Crippen LogP contribution in [-0.2, 0) is 14.3 Å². The molecule has 1 aliphatic rings. The first-order chi connectivity index (χ1) is 12.5. The van der Waals surface area contributed by atoms with E-state index in [0.717, 1.165) is 10.8 Å². The molecule has 2 aromatic carbocycles. The lowest BCUT2D eigenvalue weighted by molar-refractivity contribution is -0.146. The van der Waals surface area contributed by atoms with Gasteiger partial charge in [-0.25, -0.2) is 4.79 Å². The first-order valence-corrected chi connectivity index (χ1v) is 8.65. The fourth-order valence-corrected chi connectivity index (χ4v) is 3.23. The normalized spacial score (nSPS) is 20.0. The quantitative estimate of drug-likeness (QED) is 0.787. The number of ether oxygens (including phenoxy) is 3. The largest absolute Gasteiger partial charge is 0.496 e. The molecule has 0 unspecified atom stereocenters. The SMILES string of the molecule is COc1cc2ccccc2cc1C(=O)OCC(=O)N1C[C@@H](C)O[C@H](C)C1. The molecule has 2 atom stereocenters. The monoisotopic (exact) mass is 357 g/mol. The molecule has 6 nitrogen and oxygen atoms in total. The van der Waals surface area contributed by atoms with E-state index in [0.29, 0.717) is 24.4 Å². The molecular weight excluding hydrogens is 334 g/mol. The van der Waals surface area contributed by atoms with Crippen LogP contribution in [0.15, 0.2) is 36.4 Å². The first kappa shape index (κ1) is 18.2. The average molecular weight is 357 g/mol. The topological polar surface area (TPSA) is 65.1 Å². The van der Waals surface area contributed by atoms with Crippen LogP contribution < -0.4 is 4.74 Å². The van der Waals surface area contributed by atoms with E-state index in [-0.39, 0.29) is 24.7 Å². The minimum absolute atomic E-state index is 0.0287. The van der Waals surface area contributed by atoms with Crippen molar-refractivity contribution >= 4 is 22.6 Å². The number of rotatable bonds is 4. The number of carbonyl (C=O) groups excluding carboxylic acids is 2. The molecule has 1 saturated heterocycles. The smallest absolute Gasteiger partial charge is 0.342 e. The van der Waals surface area contributed by atoms with Crippen molar-refractivity contribution in [3.63, 3.8) is 0 Å². The highest BCUT2D eigenvalue weighted by molar-refractivity contribution is 5.99. The number of carbonyl (C=O) groups is 2. The first-order valence-electron chi connectivity index (χ1n) is 8.65. The Morgan fingerprint density at radius 2 is 1.73 bits per heavy atom. The number of hydrogen-bond donors (Lipinski definition) is 0. The number of methoxy groups -OCH3 is 1. The molecule has 2 aromatic rings. The van der Waals surface area contributed by atoms with Crippen molar-refractivity contribution in [2.45, 2.75) is 26.1 Å². The average Bonchev–Trinajstić information content (AvgIpc) is 2.63. The zero-order valence-electron chi connectivity index (χ0n) is 15.2. The van der Waals surface area contributed by atoms with E-state index in [9.17, 15) is 9.59 Å². The van der Waals surface area contributed by atoms with Crippen LogP contribution in [0.4, 0.5) is 0 Å². The Bertz CT molecular complexity index is 809. The highest BCUT2D eigenvalue weighted by Gasteiger charge is 2.27. The second-order valence-corrected chi connectivity index (χ2v) is 6.53. The van der Waals surface area contributed by atoms with Crippen molar-refractivity contribution in [3.8, 4) is 5.75 Å². The molecule has 1 amide bonds. The predicted octanol–water partition coefficient (Wildman–Crippen LogP) is 2.64. The summed E-state index contributed by atoms with van der Waals surface area (Å²) in [6, 6.07) is 11.2. The van der Waals surface area contributed by atoms with Gasteiger partial charge in [0.25, 0.3) is 5.91 Å². The Kier molecular flexibility index (Phi) is 5.42. The Hall–Kier alpha value is -2.60. The van der Waals surface area contributed by atoms with Crippen LogP contribution in [0.3, 0.4) is 0 Å². The van der Waals surface area contributed by atoms with E-state index in [2.05, 4.69) is 0 Å². The van der Waals surface area contributed by atoms with Crippen molar-refractivity contribution < 1.29 is 23.8 Å². The lowest BCUT2D eigenvalue weighted by Crippen LogP contribution is -2.49. The Morgan fingerprint density at radius 1 is 1.12 bits per heavy atom. The molecule has 0 radical (unpaired) electrons. The van der Waals surface area contributed by atoms with Crippen molar-refractivity contribution in [1.82, 2.24) is 4.90 Å². The van der Waals surface area contributed by atoms with Gasteiger partial charge in [-0.1, -0.05) is 24.3 Å². The van der Waals surface area contributed by atoms with Crippen LogP contribution in [0.1, 0.15) is 24.2 Å². The highest BCUT2D eigenvalue weighted by Crippen LogP contribution is 2.26. The maximum Gasteiger partial charge on any atom is 0.342 e. The summed E-state index contributed by atoms with van der Waals surface area (Å²) in [5.74, 6) is -0.370. The third-order valence-corrected chi connectivity index (χ3v) is 4.39. The van der Waals surface area contributed by atoms with Gasteiger partial charge in [-0.2, -0.15) is 0 Å². The fraction of sp³-hybridized carbons (Fsp3) is 0.400. The lowest BCUT2D eigenvalue weighted by Gasteiger charge is -2.35. The van der Waals surface area contributed by atoms with Crippen LogP contribution in [-0.4, -0.2) is 55.8 Å². The number of hydrogen-bond acceptors (Lipinski definition) is 5. The minimum atomic E-state index is -0.574. The zero-order valence-corrected chi connectivity index (χ0v) is 15.2. The maximum absolute atomic E-state index is 12.5. The molecule has 1 aliphatic heterocycles. The summed E-state index contributed by atoms with van der Waals surface area (Å²) in [5.41, 5.74) is 0.308. The summed E-state index contributed by atoms with van der Waals surface area (Å²) in [5, 5.41) is 1.87. The second kappa shape index (κ2) is 7.74. The van der Waals surface area contributed by atoms with Gasteiger partial charge in [0.1, 0.15) is 11.3 Å². The fourth-order valence-electron chi connectivity index (χ4n) is 3.23. The lowest BCUT2D eigenvalue weighted by atomic mass is 10.1. The molecule has 0 bridgehead atoms. The minimum Gasteiger partial charge on any atom is -0.496 e. The number of esters is 1. The molecule has 26 heavy (non-hydrogen) atoms. The molecule has 0 N–H and O–H groups in total. The van der Waals surface area contributed by atoms with Crippen LogP contribution in [0.5, 0.6) is 5.75 Å². The second-order valence-electron chi connectivity index (χ2n) is 6.53. The van der Waals surface area contributed by atoms with Gasteiger partial charge >= 0.3 is 5.97 Å². The van der Waals surface area contributed by atoms with Gasteiger partial charge in [0.15, 0.2) is 6.61 Å². The van der Waals surface area contributed by atoms with E-state index in [1.807, 2.05) is 38.1 Å². The van der Waals surface area contributed by atoms with Gasteiger partial charge in [-0.05, 0) is 36.8 Å². The van der Waals surface area contributed by atoms with Crippen molar-refractivity contribution in [1.29, 1.82) is 0 Å². The molecule has 1 heterocycles. The number of nitrogens with zero attached hydrogens (tertiary/aromatic N) is 1. The summed E-state index contributed by atoms with van der Waals surface area (Å²) in [6.07, 6.45) is -0.0574. The molecule has 0 spiro atoms. The van der Waals surface area contributed by atoms with Crippen LogP contribution in [0, 0.1) is 0 Å². The molecule has 6 heteroatoms. The highest BCUT2D eigenvalue weighted by atomic mass is 16.5. The summed E-state index contributed by atoms with van der Waals surface area (Å²) >= 11 is 0. The summed E-state index contributed by atoms with van der Waals surface area (Å²) < 4.78 is 16.2. The maximum atomic E-state index is 12.5. The molecular formula is C20H23NO5. The molecule has 0 saturated carbocycles. The number of fused-ring (bicyclic) bond motifs is 1.